The fraction of sp³-hybridized carbons (Fsp3) is 0.364. The lowest BCUT2D eigenvalue weighted by atomic mass is 9.98. The van der Waals surface area contributed by atoms with Crippen LogP contribution in [0.3, 0.4) is 0 Å². The Morgan fingerprint density at radius 1 is 1.50 bits per heavy atom. The molecule has 0 spiro atoms. The van der Waals surface area contributed by atoms with Gasteiger partial charge in [-0.25, -0.2) is 0 Å². The van der Waals surface area contributed by atoms with Crippen LogP contribution in [0.15, 0.2) is 23.2 Å². The SMILES string of the molecule is COc1ccc2c(c1)N=C[C@H]2CCN. The molecule has 3 nitrogen and oxygen atoms in total. The van der Waals surface area contributed by atoms with Crippen LogP contribution in [0.2, 0.25) is 0 Å². The minimum Gasteiger partial charge on any atom is -0.497 e. The predicted molar refractivity (Wildman–Crippen MR) is 57.6 cm³/mol. The van der Waals surface area contributed by atoms with Crippen LogP contribution in [0.5, 0.6) is 5.75 Å². The highest BCUT2D eigenvalue weighted by Gasteiger charge is 2.18. The van der Waals surface area contributed by atoms with Crippen LogP contribution in [-0.4, -0.2) is 19.9 Å². The molecule has 1 aromatic carbocycles. The third-order valence-corrected chi connectivity index (χ3v) is 2.51. The maximum atomic E-state index is 5.54. The van der Waals surface area contributed by atoms with Gasteiger partial charge in [0.2, 0.25) is 0 Å². The Kier molecular flexibility index (Phi) is 2.50. The van der Waals surface area contributed by atoms with Crippen molar-refractivity contribution in [3.05, 3.63) is 23.8 Å². The summed E-state index contributed by atoms with van der Waals surface area (Å²) in [4.78, 5) is 4.35. The van der Waals surface area contributed by atoms with E-state index in [9.17, 15) is 0 Å². The van der Waals surface area contributed by atoms with Gasteiger partial charge >= 0.3 is 0 Å². The monoisotopic (exact) mass is 190 g/mol. The number of methoxy groups -OCH3 is 1. The molecule has 0 radical (unpaired) electrons. The van der Waals surface area contributed by atoms with Crippen LogP contribution in [0.25, 0.3) is 0 Å². The van der Waals surface area contributed by atoms with Gasteiger partial charge in [-0.3, -0.25) is 4.99 Å². The Labute approximate surface area is 83.6 Å². The Bertz CT molecular complexity index is 360. The molecule has 0 saturated carbocycles. The van der Waals surface area contributed by atoms with Crippen LogP contribution < -0.4 is 10.5 Å². The van der Waals surface area contributed by atoms with Gasteiger partial charge in [0.05, 0.1) is 12.8 Å². The van der Waals surface area contributed by atoms with Crippen molar-refractivity contribution in [1.82, 2.24) is 0 Å². The van der Waals surface area contributed by atoms with Crippen LogP contribution in [0.4, 0.5) is 5.69 Å². The highest BCUT2D eigenvalue weighted by atomic mass is 16.5. The molecule has 1 aromatic rings. The molecule has 0 unspecified atom stereocenters. The van der Waals surface area contributed by atoms with Gasteiger partial charge in [0.15, 0.2) is 0 Å². The zero-order valence-corrected chi connectivity index (χ0v) is 8.23. The van der Waals surface area contributed by atoms with E-state index in [1.165, 1.54) is 5.56 Å². The molecule has 1 atom stereocenters. The number of aliphatic imine (C=N–C) groups is 1. The Morgan fingerprint density at radius 3 is 3.07 bits per heavy atom. The molecule has 0 aliphatic carbocycles. The molecule has 1 heterocycles. The van der Waals surface area contributed by atoms with Gasteiger partial charge in [-0.15, -0.1) is 0 Å². The lowest BCUT2D eigenvalue weighted by Gasteiger charge is -2.08. The predicted octanol–water partition coefficient (Wildman–Crippen LogP) is 1.84. The highest BCUT2D eigenvalue weighted by molar-refractivity contribution is 5.81. The minimum absolute atomic E-state index is 0.390. The number of fused-ring (bicyclic) bond motifs is 1. The maximum absolute atomic E-state index is 5.54. The fourth-order valence-corrected chi connectivity index (χ4v) is 1.74. The average Bonchev–Trinajstić information content (AvgIpc) is 2.61. The molecule has 1 aliphatic rings. The maximum Gasteiger partial charge on any atom is 0.121 e. The molecule has 0 fully saturated rings. The van der Waals surface area contributed by atoms with E-state index in [1.54, 1.807) is 7.11 Å². The van der Waals surface area contributed by atoms with Crippen LogP contribution >= 0.6 is 0 Å². The number of hydrogen-bond acceptors (Lipinski definition) is 3. The molecule has 0 aromatic heterocycles. The van der Waals surface area contributed by atoms with Gasteiger partial charge in [-0.2, -0.15) is 0 Å². The first-order valence-electron chi connectivity index (χ1n) is 4.77. The van der Waals surface area contributed by atoms with Crippen LogP contribution in [-0.2, 0) is 0 Å². The molecule has 74 valence electrons. The summed E-state index contributed by atoms with van der Waals surface area (Å²) in [6.07, 6.45) is 2.93. The third-order valence-electron chi connectivity index (χ3n) is 2.51. The molecular formula is C11H14N2O. The molecule has 0 saturated heterocycles. The van der Waals surface area contributed by atoms with E-state index in [0.29, 0.717) is 12.5 Å². The number of ether oxygens (including phenoxy) is 1. The fourth-order valence-electron chi connectivity index (χ4n) is 1.74. The van der Waals surface area contributed by atoms with E-state index in [4.69, 9.17) is 10.5 Å². The third kappa shape index (κ3) is 1.51. The lowest BCUT2D eigenvalue weighted by Crippen LogP contribution is -2.06. The minimum atomic E-state index is 0.390. The Morgan fingerprint density at radius 2 is 2.36 bits per heavy atom. The van der Waals surface area contributed by atoms with Crippen molar-refractivity contribution < 1.29 is 4.74 Å². The zero-order valence-electron chi connectivity index (χ0n) is 8.23. The largest absolute Gasteiger partial charge is 0.497 e. The van der Waals surface area contributed by atoms with Crippen molar-refractivity contribution in [1.29, 1.82) is 0 Å². The van der Waals surface area contributed by atoms with Gasteiger partial charge in [0, 0.05) is 18.2 Å². The van der Waals surface area contributed by atoms with Crippen molar-refractivity contribution in [3.63, 3.8) is 0 Å². The van der Waals surface area contributed by atoms with Crippen LogP contribution in [0, 0.1) is 0 Å². The van der Waals surface area contributed by atoms with Gasteiger partial charge in [0.25, 0.3) is 0 Å². The Hall–Kier alpha value is -1.35. The normalized spacial score (nSPS) is 18.3. The summed E-state index contributed by atoms with van der Waals surface area (Å²) in [5.41, 5.74) is 7.81. The van der Waals surface area contributed by atoms with Crippen molar-refractivity contribution in [2.45, 2.75) is 12.3 Å². The second kappa shape index (κ2) is 3.80. The Balaban J connectivity index is 2.29. The molecule has 3 heteroatoms. The van der Waals surface area contributed by atoms with E-state index < -0.39 is 0 Å². The van der Waals surface area contributed by atoms with E-state index in [0.717, 1.165) is 17.9 Å². The quantitative estimate of drug-likeness (QED) is 0.790. The van der Waals surface area contributed by atoms with Crippen LogP contribution in [0.1, 0.15) is 17.9 Å². The zero-order chi connectivity index (χ0) is 9.97. The standard InChI is InChI=1S/C11H14N2O/c1-14-9-2-3-10-8(4-5-12)7-13-11(10)6-9/h2-3,6-8H,4-5,12H2,1H3/t8-/m1/s1. The number of nitrogens with zero attached hydrogens (tertiary/aromatic N) is 1. The van der Waals surface area contributed by atoms with E-state index in [1.807, 2.05) is 18.3 Å². The summed E-state index contributed by atoms with van der Waals surface area (Å²) in [6, 6.07) is 6.00. The van der Waals surface area contributed by atoms with E-state index in [-0.39, 0.29) is 0 Å². The molecule has 0 bridgehead atoms. The summed E-state index contributed by atoms with van der Waals surface area (Å²) in [5.74, 6) is 1.25. The van der Waals surface area contributed by atoms with Crippen molar-refractivity contribution >= 4 is 11.9 Å². The average molecular weight is 190 g/mol. The summed E-state index contributed by atoms with van der Waals surface area (Å²) < 4.78 is 5.14. The van der Waals surface area contributed by atoms with Crippen molar-refractivity contribution in [2.75, 3.05) is 13.7 Å². The van der Waals surface area contributed by atoms with Crippen molar-refractivity contribution in [2.24, 2.45) is 10.7 Å². The molecular weight excluding hydrogens is 176 g/mol. The highest BCUT2D eigenvalue weighted by Crippen LogP contribution is 2.36. The lowest BCUT2D eigenvalue weighted by molar-refractivity contribution is 0.415. The van der Waals surface area contributed by atoms with Gasteiger partial charge in [-0.05, 0) is 24.6 Å². The first kappa shape index (κ1) is 9.21. The summed E-state index contributed by atoms with van der Waals surface area (Å²) in [7, 11) is 1.66. The number of benzene rings is 1. The molecule has 2 rings (SSSR count). The van der Waals surface area contributed by atoms with E-state index in [2.05, 4.69) is 11.1 Å². The molecule has 0 amide bonds. The summed E-state index contributed by atoms with van der Waals surface area (Å²) in [6.45, 7) is 0.697. The number of nitrogens with two attached hydrogens (primary N) is 1. The second-order valence-corrected chi connectivity index (χ2v) is 3.39. The van der Waals surface area contributed by atoms with Gasteiger partial charge in [-0.1, -0.05) is 6.07 Å². The molecule has 2 N–H and O–H groups in total. The first-order chi connectivity index (χ1) is 6.85. The second-order valence-electron chi connectivity index (χ2n) is 3.39. The molecule has 14 heavy (non-hydrogen) atoms. The first-order valence-corrected chi connectivity index (χ1v) is 4.77. The van der Waals surface area contributed by atoms with Gasteiger partial charge < -0.3 is 10.5 Å². The summed E-state index contributed by atoms with van der Waals surface area (Å²) >= 11 is 0. The molecule has 1 aliphatic heterocycles. The van der Waals surface area contributed by atoms with Crippen molar-refractivity contribution in [3.8, 4) is 5.75 Å². The number of rotatable bonds is 3. The summed E-state index contributed by atoms with van der Waals surface area (Å²) in [5, 5.41) is 0. The van der Waals surface area contributed by atoms with E-state index >= 15 is 0 Å². The smallest absolute Gasteiger partial charge is 0.121 e. The topological polar surface area (TPSA) is 47.6 Å². The van der Waals surface area contributed by atoms with Gasteiger partial charge in [0.1, 0.15) is 5.75 Å². The number of hydrogen-bond donors (Lipinski definition) is 1.